The van der Waals surface area contributed by atoms with Crippen molar-refractivity contribution in [2.24, 2.45) is 11.8 Å². The van der Waals surface area contributed by atoms with Gasteiger partial charge >= 0.3 is 0 Å². The number of hydrogen-bond acceptors (Lipinski definition) is 2. The molecular weight excluding hydrogens is 216 g/mol. The summed E-state index contributed by atoms with van der Waals surface area (Å²) in [6.45, 7) is 10.0. The van der Waals surface area contributed by atoms with Gasteiger partial charge < -0.3 is 9.80 Å². The molecule has 4 heteroatoms. The van der Waals surface area contributed by atoms with Gasteiger partial charge in [0.05, 0.1) is 6.67 Å². The SMILES string of the molecule is CC(C)CC(=O)N1CCN(C(=O)CC(C)C)C1. The second-order valence-corrected chi connectivity index (χ2v) is 5.65. The number of hydrogen-bond donors (Lipinski definition) is 0. The van der Waals surface area contributed by atoms with E-state index in [1.807, 2.05) is 27.7 Å². The van der Waals surface area contributed by atoms with Crippen molar-refractivity contribution in [1.29, 1.82) is 0 Å². The summed E-state index contributed by atoms with van der Waals surface area (Å²) in [6.07, 6.45) is 1.15. The monoisotopic (exact) mass is 240 g/mol. The van der Waals surface area contributed by atoms with Crippen LogP contribution in [0.4, 0.5) is 0 Å². The van der Waals surface area contributed by atoms with Gasteiger partial charge in [-0.3, -0.25) is 9.59 Å². The van der Waals surface area contributed by atoms with Gasteiger partial charge in [0.25, 0.3) is 0 Å². The predicted octanol–water partition coefficient (Wildman–Crippen LogP) is 1.71. The maximum Gasteiger partial charge on any atom is 0.224 e. The Labute approximate surface area is 104 Å². The van der Waals surface area contributed by atoms with E-state index in [9.17, 15) is 9.59 Å². The highest BCUT2D eigenvalue weighted by Gasteiger charge is 2.27. The summed E-state index contributed by atoms with van der Waals surface area (Å²) in [5.41, 5.74) is 0. The first-order valence-corrected chi connectivity index (χ1v) is 6.45. The summed E-state index contributed by atoms with van der Waals surface area (Å²) in [4.78, 5) is 27.2. The fourth-order valence-corrected chi connectivity index (χ4v) is 1.95. The van der Waals surface area contributed by atoms with Crippen LogP contribution >= 0.6 is 0 Å². The molecule has 98 valence electrons. The molecule has 0 aromatic carbocycles. The number of amides is 2. The summed E-state index contributed by atoms with van der Waals surface area (Å²) >= 11 is 0. The van der Waals surface area contributed by atoms with E-state index in [0.717, 1.165) is 0 Å². The first kappa shape index (κ1) is 14.0. The standard InChI is InChI=1S/C13H24N2O2/c1-10(2)7-12(16)14-5-6-15(9-14)13(17)8-11(3)4/h10-11H,5-9H2,1-4H3. The fourth-order valence-electron chi connectivity index (χ4n) is 1.95. The lowest BCUT2D eigenvalue weighted by Crippen LogP contribution is -2.34. The molecule has 1 aliphatic heterocycles. The zero-order valence-corrected chi connectivity index (χ0v) is 11.4. The van der Waals surface area contributed by atoms with Crippen molar-refractivity contribution in [3.8, 4) is 0 Å². The Morgan fingerprint density at radius 1 is 0.882 bits per heavy atom. The summed E-state index contributed by atoms with van der Waals surface area (Å²) in [5, 5.41) is 0. The Hall–Kier alpha value is -1.06. The molecule has 1 heterocycles. The second-order valence-electron chi connectivity index (χ2n) is 5.65. The molecule has 1 rings (SSSR count). The van der Waals surface area contributed by atoms with E-state index in [1.54, 1.807) is 9.80 Å². The van der Waals surface area contributed by atoms with Gasteiger partial charge in [0, 0.05) is 25.9 Å². The highest BCUT2D eigenvalue weighted by Crippen LogP contribution is 2.13. The first-order valence-electron chi connectivity index (χ1n) is 6.45. The lowest BCUT2D eigenvalue weighted by atomic mass is 10.1. The van der Waals surface area contributed by atoms with Crippen LogP contribution in [0.3, 0.4) is 0 Å². The van der Waals surface area contributed by atoms with Crippen LogP contribution in [0.25, 0.3) is 0 Å². The number of nitrogens with zero attached hydrogens (tertiary/aromatic N) is 2. The van der Waals surface area contributed by atoms with Gasteiger partial charge in [0.2, 0.25) is 11.8 Å². The molecule has 17 heavy (non-hydrogen) atoms. The van der Waals surface area contributed by atoms with E-state index < -0.39 is 0 Å². The summed E-state index contributed by atoms with van der Waals surface area (Å²) in [6, 6.07) is 0. The van der Waals surface area contributed by atoms with Crippen LogP contribution in [0.5, 0.6) is 0 Å². The van der Waals surface area contributed by atoms with E-state index in [2.05, 4.69) is 0 Å². The Morgan fingerprint density at radius 3 is 1.53 bits per heavy atom. The molecule has 1 saturated heterocycles. The quantitative estimate of drug-likeness (QED) is 0.750. The Bertz CT molecular complexity index is 259. The minimum Gasteiger partial charge on any atom is -0.323 e. The van der Waals surface area contributed by atoms with Crippen LogP contribution in [0.15, 0.2) is 0 Å². The third-order valence-corrected chi connectivity index (χ3v) is 2.85. The van der Waals surface area contributed by atoms with Gasteiger partial charge in [-0.25, -0.2) is 0 Å². The minimum atomic E-state index is 0.167. The van der Waals surface area contributed by atoms with E-state index in [0.29, 0.717) is 44.4 Å². The molecule has 4 nitrogen and oxygen atoms in total. The van der Waals surface area contributed by atoms with Crippen LogP contribution < -0.4 is 0 Å². The van der Waals surface area contributed by atoms with Crippen molar-refractivity contribution in [2.75, 3.05) is 19.8 Å². The average Bonchev–Trinajstić information content (AvgIpc) is 2.63. The van der Waals surface area contributed by atoms with Gasteiger partial charge in [0.15, 0.2) is 0 Å². The summed E-state index contributed by atoms with van der Waals surface area (Å²) in [7, 11) is 0. The van der Waals surface area contributed by atoms with Gasteiger partial charge in [-0.2, -0.15) is 0 Å². The first-order chi connectivity index (χ1) is 7.90. The van der Waals surface area contributed by atoms with Gasteiger partial charge in [-0.05, 0) is 11.8 Å². The molecule has 0 unspecified atom stereocenters. The van der Waals surface area contributed by atoms with Gasteiger partial charge in [0.1, 0.15) is 0 Å². The molecule has 0 spiro atoms. The normalized spacial score (nSPS) is 16.1. The van der Waals surface area contributed by atoms with Crippen molar-refractivity contribution in [2.45, 2.75) is 40.5 Å². The Kier molecular flexibility index (Phi) is 4.97. The molecule has 0 radical (unpaired) electrons. The van der Waals surface area contributed by atoms with Crippen LogP contribution in [0.1, 0.15) is 40.5 Å². The Balaban J connectivity index is 2.41. The minimum absolute atomic E-state index is 0.167. The predicted molar refractivity (Wildman–Crippen MR) is 67.2 cm³/mol. The van der Waals surface area contributed by atoms with Crippen molar-refractivity contribution in [3.05, 3.63) is 0 Å². The van der Waals surface area contributed by atoms with Gasteiger partial charge in [-0.1, -0.05) is 27.7 Å². The lowest BCUT2D eigenvalue weighted by Gasteiger charge is -2.19. The molecule has 0 bridgehead atoms. The number of carbonyl (C=O) groups is 2. The largest absolute Gasteiger partial charge is 0.323 e. The smallest absolute Gasteiger partial charge is 0.224 e. The van der Waals surface area contributed by atoms with Crippen LogP contribution in [-0.2, 0) is 9.59 Å². The molecule has 1 fully saturated rings. The lowest BCUT2D eigenvalue weighted by molar-refractivity contribution is -0.134. The molecule has 0 aliphatic carbocycles. The molecule has 0 atom stereocenters. The maximum absolute atomic E-state index is 11.8. The van der Waals surface area contributed by atoms with Crippen LogP contribution in [0, 0.1) is 11.8 Å². The van der Waals surface area contributed by atoms with Crippen LogP contribution in [-0.4, -0.2) is 41.4 Å². The molecule has 0 aromatic rings. The van der Waals surface area contributed by atoms with Crippen molar-refractivity contribution in [1.82, 2.24) is 9.80 Å². The van der Waals surface area contributed by atoms with Crippen molar-refractivity contribution in [3.63, 3.8) is 0 Å². The molecule has 0 N–H and O–H groups in total. The molecule has 1 aliphatic rings. The van der Waals surface area contributed by atoms with E-state index in [1.165, 1.54) is 0 Å². The third kappa shape index (κ3) is 4.36. The Morgan fingerprint density at radius 2 is 1.24 bits per heavy atom. The maximum atomic E-state index is 11.8. The fraction of sp³-hybridized carbons (Fsp3) is 0.846. The van der Waals surface area contributed by atoms with E-state index in [-0.39, 0.29) is 11.8 Å². The van der Waals surface area contributed by atoms with E-state index in [4.69, 9.17) is 0 Å². The molecule has 2 amide bonds. The zero-order valence-electron chi connectivity index (χ0n) is 11.4. The zero-order chi connectivity index (χ0) is 13.0. The molecular formula is C13H24N2O2. The van der Waals surface area contributed by atoms with E-state index >= 15 is 0 Å². The van der Waals surface area contributed by atoms with Crippen LogP contribution in [0.2, 0.25) is 0 Å². The highest BCUT2D eigenvalue weighted by molar-refractivity contribution is 5.80. The third-order valence-electron chi connectivity index (χ3n) is 2.85. The topological polar surface area (TPSA) is 40.6 Å². The average molecular weight is 240 g/mol. The van der Waals surface area contributed by atoms with Crippen molar-refractivity contribution >= 4 is 11.8 Å². The number of carbonyl (C=O) groups excluding carboxylic acids is 2. The van der Waals surface area contributed by atoms with Gasteiger partial charge in [-0.15, -0.1) is 0 Å². The van der Waals surface area contributed by atoms with Crippen molar-refractivity contribution < 1.29 is 9.59 Å². The molecule has 0 saturated carbocycles. The second kappa shape index (κ2) is 6.03. The number of rotatable bonds is 4. The summed E-state index contributed by atoms with van der Waals surface area (Å²) < 4.78 is 0. The summed E-state index contributed by atoms with van der Waals surface area (Å²) in [5.74, 6) is 1.09. The molecule has 0 aromatic heterocycles. The highest BCUT2D eigenvalue weighted by atomic mass is 16.2.